The molecule has 0 aromatic heterocycles. The highest BCUT2D eigenvalue weighted by molar-refractivity contribution is 9.10. The number of carbonyl (C=O) groups excluding carboxylic acids is 2. The van der Waals surface area contributed by atoms with Crippen molar-refractivity contribution in [3.8, 4) is 0 Å². The number of carbonyl (C=O) groups is 2. The molecule has 6 nitrogen and oxygen atoms in total. The summed E-state index contributed by atoms with van der Waals surface area (Å²) >= 11 is 9.34. The van der Waals surface area contributed by atoms with E-state index in [0.29, 0.717) is 28.4 Å². The Balaban J connectivity index is 1.93. The molecule has 0 radical (unpaired) electrons. The summed E-state index contributed by atoms with van der Waals surface area (Å²) in [7, 11) is 0. The van der Waals surface area contributed by atoms with Gasteiger partial charge in [-0.15, -0.1) is 6.58 Å². The quantitative estimate of drug-likeness (QED) is 0.116. The molecule has 0 fully saturated rings. The fourth-order valence-corrected chi connectivity index (χ4v) is 3.51. The van der Waals surface area contributed by atoms with Crippen LogP contribution in [0.25, 0.3) is 6.08 Å². The Kier molecular flexibility index (Phi) is 7.66. The van der Waals surface area contributed by atoms with Crippen LogP contribution in [0.1, 0.15) is 18.1 Å². The molecular weight excluding hydrogens is 496 g/mol. The number of hydrogen-bond acceptors (Lipinski definition) is 5. The van der Waals surface area contributed by atoms with Gasteiger partial charge in [0, 0.05) is 21.6 Å². The van der Waals surface area contributed by atoms with E-state index < -0.39 is 5.97 Å². The Morgan fingerprint density at radius 3 is 2.62 bits per heavy atom. The van der Waals surface area contributed by atoms with Crippen molar-refractivity contribution in [3.63, 3.8) is 0 Å². The van der Waals surface area contributed by atoms with Crippen molar-refractivity contribution in [2.75, 3.05) is 18.1 Å². The molecule has 0 saturated carbocycles. The first-order chi connectivity index (χ1) is 15.3. The Morgan fingerprint density at radius 1 is 1.25 bits per heavy atom. The van der Waals surface area contributed by atoms with Gasteiger partial charge in [-0.25, -0.2) is 4.79 Å². The Hall–Kier alpha value is -3.16. The van der Waals surface area contributed by atoms with E-state index >= 15 is 0 Å². The van der Waals surface area contributed by atoms with Crippen LogP contribution in [0, 0.1) is 0 Å². The first-order valence-corrected chi connectivity index (χ1v) is 10.8. The van der Waals surface area contributed by atoms with Crippen LogP contribution < -0.4 is 4.90 Å². The summed E-state index contributed by atoms with van der Waals surface area (Å²) in [6, 6.07) is 12.3. The van der Waals surface area contributed by atoms with Gasteiger partial charge in [-0.2, -0.15) is 0 Å². The zero-order valence-corrected chi connectivity index (χ0v) is 19.6. The van der Waals surface area contributed by atoms with Gasteiger partial charge in [0.15, 0.2) is 11.5 Å². The van der Waals surface area contributed by atoms with Crippen LogP contribution in [-0.2, 0) is 19.2 Å². The minimum Gasteiger partial charge on any atom is -0.462 e. The van der Waals surface area contributed by atoms with Crippen molar-refractivity contribution in [2.45, 2.75) is 6.92 Å². The van der Waals surface area contributed by atoms with Crippen LogP contribution in [0.4, 0.5) is 5.69 Å². The van der Waals surface area contributed by atoms with Crippen molar-refractivity contribution < 1.29 is 19.2 Å². The summed E-state index contributed by atoms with van der Waals surface area (Å²) in [5, 5.41) is 4.60. The highest BCUT2D eigenvalue weighted by Gasteiger charge is 2.34. The van der Waals surface area contributed by atoms with E-state index in [1.807, 2.05) is 12.1 Å². The number of benzene rings is 2. The predicted octanol–water partition coefficient (Wildman–Crippen LogP) is 5.52. The standard InChI is InChI=1S/C24H20BrClN2O4/c1-4-12-28-21-11-8-17(25)14-20(21)22(23(28)29)27-32-15(3)19(24(30)31-5-2)13-16-6-9-18(26)10-7-16/h4,6-11,13-14H,1,3,5,12H2,2H3/b19-13+,27-22+. The SMILES string of the molecule is C=CCN1C(=O)/C(=N/OC(=C)/C(=C\c2ccc(Cl)cc2)C(=O)OCC)c2cc(Br)ccc21. The number of oxime groups is 1. The number of halogens is 2. The van der Waals surface area contributed by atoms with Crippen LogP contribution >= 0.6 is 27.5 Å². The lowest BCUT2D eigenvalue weighted by molar-refractivity contribution is -0.138. The molecule has 1 amide bonds. The van der Waals surface area contributed by atoms with Gasteiger partial charge in [-0.1, -0.05) is 57.5 Å². The van der Waals surface area contributed by atoms with Crippen LogP contribution in [0.2, 0.25) is 5.02 Å². The van der Waals surface area contributed by atoms with E-state index in [1.54, 1.807) is 49.4 Å². The highest BCUT2D eigenvalue weighted by Crippen LogP contribution is 2.32. The zero-order valence-electron chi connectivity index (χ0n) is 17.3. The van der Waals surface area contributed by atoms with E-state index in [2.05, 4.69) is 34.2 Å². The van der Waals surface area contributed by atoms with Gasteiger partial charge in [-0.05, 0) is 48.9 Å². The second-order valence-corrected chi connectivity index (χ2v) is 8.00. The van der Waals surface area contributed by atoms with E-state index in [-0.39, 0.29) is 29.6 Å². The van der Waals surface area contributed by atoms with Gasteiger partial charge in [-0.3, -0.25) is 4.79 Å². The lowest BCUT2D eigenvalue weighted by atomic mass is 10.1. The first-order valence-electron chi connectivity index (χ1n) is 9.67. The molecule has 0 N–H and O–H groups in total. The summed E-state index contributed by atoms with van der Waals surface area (Å²) in [4.78, 5) is 32.4. The summed E-state index contributed by atoms with van der Waals surface area (Å²) < 4.78 is 5.90. The maximum atomic E-state index is 12.9. The number of rotatable bonds is 8. The lowest BCUT2D eigenvalue weighted by Gasteiger charge is -2.13. The van der Waals surface area contributed by atoms with Gasteiger partial charge >= 0.3 is 5.97 Å². The molecule has 0 spiro atoms. The fraction of sp³-hybridized carbons (Fsp3) is 0.125. The molecule has 8 heteroatoms. The molecule has 164 valence electrons. The Morgan fingerprint density at radius 2 is 1.97 bits per heavy atom. The second-order valence-electron chi connectivity index (χ2n) is 6.65. The van der Waals surface area contributed by atoms with Crippen LogP contribution in [0.3, 0.4) is 0 Å². The van der Waals surface area contributed by atoms with Crippen molar-refractivity contribution in [1.82, 2.24) is 0 Å². The van der Waals surface area contributed by atoms with E-state index in [1.165, 1.54) is 4.90 Å². The first kappa shape index (κ1) is 23.5. The number of anilines is 1. The number of ether oxygens (including phenoxy) is 1. The lowest BCUT2D eigenvalue weighted by Crippen LogP contribution is -2.30. The van der Waals surface area contributed by atoms with Crippen molar-refractivity contribution in [3.05, 3.63) is 93.7 Å². The van der Waals surface area contributed by atoms with Gasteiger partial charge in [0.05, 0.1) is 12.3 Å². The fourth-order valence-electron chi connectivity index (χ4n) is 3.02. The van der Waals surface area contributed by atoms with Gasteiger partial charge in [0.25, 0.3) is 5.91 Å². The van der Waals surface area contributed by atoms with Crippen molar-refractivity contribution in [2.24, 2.45) is 5.16 Å². The van der Waals surface area contributed by atoms with Gasteiger partial charge in [0.2, 0.25) is 0 Å². The number of amides is 1. The average Bonchev–Trinajstić information content (AvgIpc) is 3.02. The molecule has 1 heterocycles. The van der Waals surface area contributed by atoms with Crippen LogP contribution in [0.15, 0.2) is 82.7 Å². The molecule has 32 heavy (non-hydrogen) atoms. The molecule has 0 aliphatic carbocycles. The molecule has 3 rings (SSSR count). The normalized spacial score (nSPS) is 14.3. The summed E-state index contributed by atoms with van der Waals surface area (Å²) in [5.41, 5.74) is 2.14. The number of hydrogen-bond donors (Lipinski definition) is 0. The summed E-state index contributed by atoms with van der Waals surface area (Å²) in [6.07, 6.45) is 3.18. The molecule has 2 aromatic rings. The monoisotopic (exact) mass is 514 g/mol. The van der Waals surface area contributed by atoms with Gasteiger partial charge < -0.3 is 14.5 Å². The molecule has 0 bridgehead atoms. The van der Waals surface area contributed by atoms with Crippen molar-refractivity contribution >= 4 is 56.9 Å². The molecule has 0 atom stereocenters. The van der Waals surface area contributed by atoms with Crippen LogP contribution in [-0.4, -0.2) is 30.7 Å². The molecule has 0 unspecified atom stereocenters. The third-order valence-corrected chi connectivity index (χ3v) is 5.23. The summed E-state index contributed by atoms with van der Waals surface area (Å²) in [6.45, 7) is 9.70. The number of fused-ring (bicyclic) bond motifs is 1. The minimum absolute atomic E-state index is 0.0579. The number of esters is 1. The third kappa shape index (κ3) is 5.18. The minimum atomic E-state index is -0.623. The Labute approximate surface area is 199 Å². The van der Waals surface area contributed by atoms with E-state index in [9.17, 15) is 9.59 Å². The second kappa shape index (κ2) is 10.4. The van der Waals surface area contributed by atoms with Crippen LogP contribution in [0.5, 0.6) is 0 Å². The molecule has 1 aliphatic heterocycles. The highest BCUT2D eigenvalue weighted by atomic mass is 79.9. The topological polar surface area (TPSA) is 68.2 Å². The number of nitrogens with zero attached hydrogens (tertiary/aromatic N) is 2. The Bertz CT molecular complexity index is 1140. The van der Waals surface area contributed by atoms with E-state index in [4.69, 9.17) is 21.2 Å². The molecule has 1 aliphatic rings. The van der Waals surface area contributed by atoms with Gasteiger partial charge in [0.1, 0.15) is 5.57 Å². The maximum absolute atomic E-state index is 12.9. The average molecular weight is 516 g/mol. The predicted molar refractivity (Wildman–Crippen MR) is 130 cm³/mol. The summed E-state index contributed by atoms with van der Waals surface area (Å²) in [5.74, 6) is -1.02. The molecule has 0 saturated heterocycles. The van der Waals surface area contributed by atoms with E-state index in [0.717, 1.165) is 4.47 Å². The maximum Gasteiger partial charge on any atom is 0.342 e. The smallest absolute Gasteiger partial charge is 0.342 e. The zero-order chi connectivity index (χ0) is 23.3. The molecule has 2 aromatic carbocycles. The molecular formula is C24H20BrClN2O4. The third-order valence-electron chi connectivity index (χ3n) is 4.49. The van der Waals surface area contributed by atoms with Crippen molar-refractivity contribution in [1.29, 1.82) is 0 Å². The largest absolute Gasteiger partial charge is 0.462 e.